The minimum Gasteiger partial charge on any atom is -0.259 e. The average molecular weight is 321 g/mol. The van der Waals surface area contributed by atoms with Crippen molar-refractivity contribution >= 4 is 22.4 Å². The standard InChI is InChI=1S/C16H17ClN2OS/c1-2-21(20)11-12-3-5-13(6-4-12)16(19-18)14-7-9-15(17)10-8-14/h3-10,16,18H,2,11H2,1H3. The van der Waals surface area contributed by atoms with Gasteiger partial charge in [-0.25, -0.2) is 5.53 Å². The summed E-state index contributed by atoms with van der Waals surface area (Å²) in [4.78, 5) is 0. The van der Waals surface area contributed by atoms with Crippen molar-refractivity contribution in [3.63, 3.8) is 0 Å². The Bertz CT molecular complexity index is 626. The minimum atomic E-state index is -0.811. The van der Waals surface area contributed by atoms with E-state index in [1.165, 1.54) is 0 Å². The highest BCUT2D eigenvalue weighted by atomic mass is 35.5. The van der Waals surface area contributed by atoms with Gasteiger partial charge in [0.05, 0.1) is 0 Å². The van der Waals surface area contributed by atoms with Gasteiger partial charge in [0.1, 0.15) is 6.04 Å². The van der Waals surface area contributed by atoms with Crippen LogP contribution >= 0.6 is 11.6 Å². The van der Waals surface area contributed by atoms with Gasteiger partial charge in [-0.1, -0.05) is 54.9 Å². The molecule has 0 saturated carbocycles. The minimum absolute atomic E-state index is 0.326. The molecule has 0 spiro atoms. The molecule has 110 valence electrons. The smallest absolute Gasteiger partial charge is 0.121 e. The molecule has 3 nitrogen and oxygen atoms in total. The van der Waals surface area contributed by atoms with Crippen LogP contribution < -0.4 is 0 Å². The zero-order chi connectivity index (χ0) is 15.2. The fourth-order valence-electron chi connectivity index (χ4n) is 2.07. The fraction of sp³-hybridized carbons (Fsp3) is 0.250. The lowest BCUT2D eigenvalue weighted by Gasteiger charge is -2.12. The predicted molar refractivity (Wildman–Crippen MR) is 87.3 cm³/mol. The highest BCUT2D eigenvalue weighted by Gasteiger charge is 2.13. The van der Waals surface area contributed by atoms with Crippen LogP contribution in [0.4, 0.5) is 0 Å². The molecule has 0 aliphatic heterocycles. The third-order valence-electron chi connectivity index (χ3n) is 3.26. The molecule has 2 aromatic rings. The summed E-state index contributed by atoms with van der Waals surface area (Å²) in [7, 11) is -0.811. The number of rotatable bonds is 6. The lowest BCUT2D eigenvalue weighted by atomic mass is 9.99. The Balaban J connectivity index is 2.21. The predicted octanol–water partition coefficient (Wildman–Crippen LogP) is 4.73. The number of nitrogens with one attached hydrogen (secondary N) is 1. The van der Waals surface area contributed by atoms with Crippen molar-refractivity contribution in [1.82, 2.24) is 0 Å². The average Bonchev–Trinajstić information content (AvgIpc) is 2.51. The van der Waals surface area contributed by atoms with Gasteiger partial charge in [-0.15, -0.1) is 0 Å². The van der Waals surface area contributed by atoms with Crippen LogP contribution in [0.15, 0.2) is 53.6 Å². The van der Waals surface area contributed by atoms with E-state index in [0.29, 0.717) is 16.5 Å². The number of hydrogen-bond donors (Lipinski definition) is 1. The first-order valence-electron chi connectivity index (χ1n) is 6.70. The second-order valence-electron chi connectivity index (χ2n) is 4.70. The summed E-state index contributed by atoms with van der Waals surface area (Å²) >= 11 is 5.88. The van der Waals surface area contributed by atoms with Crippen LogP contribution in [-0.2, 0) is 16.6 Å². The number of nitrogens with zero attached hydrogens (tertiary/aromatic N) is 1. The van der Waals surface area contributed by atoms with Crippen molar-refractivity contribution in [3.05, 3.63) is 70.2 Å². The SMILES string of the molecule is CCS(=O)Cc1ccc(C(N=N)c2ccc(Cl)cc2)cc1. The molecule has 0 aliphatic carbocycles. The summed E-state index contributed by atoms with van der Waals surface area (Å²) in [6.07, 6.45) is 0. The maximum absolute atomic E-state index is 11.6. The second kappa shape index (κ2) is 7.48. The summed E-state index contributed by atoms with van der Waals surface area (Å²) in [6.45, 7) is 1.92. The Labute approximate surface area is 132 Å². The van der Waals surface area contributed by atoms with Gasteiger partial charge in [0.2, 0.25) is 0 Å². The lowest BCUT2D eigenvalue weighted by molar-refractivity contribution is 0.683. The van der Waals surface area contributed by atoms with E-state index in [4.69, 9.17) is 17.1 Å². The molecule has 2 rings (SSSR count). The topological polar surface area (TPSA) is 53.3 Å². The first-order valence-corrected chi connectivity index (χ1v) is 8.56. The molecule has 0 amide bonds. The van der Waals surface area contributed by atoms with Crippen molar-refractivity contribution < 1.29 is 4.21 Å². The van der Waals surface area contributed by atoms with E-state index in [0.717, 1.165) is 16.7 Å². The summed E-state index contributed by atoms with van der Waals surface area (Å²) in [5.74, 6) is 1.23. The van der Waals surface area contributed by atoms with Gasteiger partial charge in [0.25, 0.3) is 0 Å². The van der Waals surface area contributed by atoms with E-state index in [1.54, 1.807) is 12.1 Å². The summed E-state index contributed by atoms with van der Waals surface area (Å²) in [5, 5.41) is 4.38. The van der Waals surface area contributed by atoms with Crippen molar-refractivity contribution in [2.75, 3.05) is 5.75 Å². The van der Waals surface area contributed by atoms with E-state index in [-0.39, 0.29) is 6.04 Å². The monoisotopic (exact) mass is 320 g/mol. The fourth-order valence-corrected chi connectivity index (χ4v) is 2.97. The largest absolute Gasteiger partial charge is 0.259 e. The van der Waals surface area contributed by atoms with Crippen LogP contribution in [0.1, 0.15) is 29.7 Å². The van der Waals surface area contributed by atoms with Crippen LogP contribution in [0.3, 0.4) is 0 Å². The molecule has 2 aromatic carbocycles. The first kappa shape index (κ1) is 15.9. The van der Waals surface area contributed by atoms with Crippen molar-refractivity contribution in [3.8, 4) is 0 Å². The highest BCUT2D eigenvalue weighted by molar-refractivity contribution is 7.84. The molecule has 1 N–H and O–H groups in total. The van der Waals surface area contributed by atoms with Crippen LogP contribution in [0.5, 0.6) is 0 Å². The normalized spacial score (nSPS) is 13.6. The van der Waals surface area contributed by atoms with Gasteiger partial charge < -0.3 is 0 Å². The molecule has 0 bridgehead atoms. The molecule has 0 heterocycles. The zero-order valence-electron chi connectivity index (χ0n) is 11.8. The van der Waals surface area contributed by atoms with E-state index >= 15 is 0 Å². The maximum Gasteiger partial charge on any atom is 0.121 e. The molecule has 2 atom stereocenters. The molecule has 0 aromatic heterocycles. The Morgan fingerprint density at radius 3 is 2.10 bits per heavy atom. The molecule has 0 radical (unpaired) electrons. The lowest BCUT2D eigenvalue weighted by Crippen LogP contribution is -2.00. The zero-order valence-corrected chi connectivity index (χ0v) is 13.3. The van der Waals surface area contributed by atoms with Crippen LogP contribution in [-0.4, -0.2) is 9.96 Å². The second-order valence-corrected chi connectivity index (χ2v) is 6.88. The van der Waals surface area contributed by atoms with E-state index in [2.05, 4.69) is 5.11 Å². The van der Waals surface area contributed by atoms with E-state index in [9.17, 15) is 4.21 Å². The van der Waals surface area contributed by atoms with Gasteiger partial charge in [0, 0.05) is 27.3 Å². The molecule has 0 aliphatic rings. The van der Waals surface area contributed by atoms with Crippen molar-refractivity contribution in [2.24, 2.45) is 5.11 Å². The molecule has 21 heavy (non-hydrogen) atoms. The third kappa shape index (κ3) is 4.22. The van der Waals surface area contributed by atoms with Gasteiger partial charge in [-0.2, -0.15) is 5.11 Å². The van der Waals surface area contributed by atoms with Gasteiger partial charge in [0.15, 0.2) is 0 Å². The quantitative estimate of drug-likeness (QED) is 0.769. The summed E-state index contributed by atoms with van der Waals surface area (Å²) in [5.41, 5.74) is 10.3. The first-order chi connectivity index (χ1) is 10.1. The van der Waals surface area contributed by atoms with Crippen LogP contribution in [0.25, 0.3) is 0 Å². The number of hydrogen-bond acceptors (Lipinski definition) is 3. The molecular formula is C16H17ClN2OS. The Kier molecular flexibility index (Phi) is 5.65. The van der Waals surface area contributed by atoms with Gasteiger partial charge in [-0.3, -0.25) is 4.21 Å². The molecular weight excluding hydrogens is 304 g/mol. The molecule has 5 heteroatoms. The van der Waals surface area contributed by atoms with E-state index in [1.807, 2.05) is 43.3 Å². The van der Waals surface area contributed by atoms with Crippen LogP contribution in [0, 0.1) is 5.53 Å². The van der Waals surface area contributed by atoms with Crippen LogP contribution in [0.2, 0.25) is 5.02 Å². The Morgan fingerprint density at radius 2 is 1.62 bits per heavy atom. The van der Waals surface area contributed by atoms with Gasteiger partial charge in [-0.05, 0) is 28.8 Å². The highest BCUT2D eigenvalue weighted by Crippen LogP contribution is 2.27. The van der Waals surface area contributed by atoms with Crippen molar-refractivity contribution in [1.29, 1.82) is 5.53 Å². The summed E-state index contributed by atoms with van der Waals surface area (Å²) < 4.78 is 11.6. The third-order valence-corrected chi connectivity index (χ3v) is 4.81. The van der Waals surface area contributed by atoms with Gasteiger partial charge >= 0.3 is 0 Å². The number of benzene rings is 2. The Hall–Kier alpha value is -1.52. The number of halogens is 1. The summed E-state index contributed by atoms with van der Waals surface area (Å²) in [6, 6.07) is 14.8. The maximum atomic E-state index is 11.6. The van der Waals surface area contributed by atoms with Crippen molar-refractivity contribution in [2.45, 2.75) is 18.7 Å². The molecule has 0 saturated heterocycles. The van der Waals surface area contributed by atoms with E-state index < -0.39 is 10.8 Å². The molecule has 0 fully saturated rings. The Morgan fingerprint density at radius 1 is 1.10 bits per heavy atom. The molecule has 2 unspecified atom stereocenters.